The maximum atomic E-state index is 6.50. The van der Waals surface area contributed by atoms with Crippen molar-refractivity contribution < 1.29 is 0 Å². The molecule has 0 radical (unpaired) electrons. The summed E-state index contributed by atoms with van der Waals surface area (Å²) in [5.41, 5.74) is 9.62. The summed E-state index contributed by atoms with van der Waals surface area (Å²) in [6.45, 7) is 0. The Labute approximate surface area is 124 Å². The lowest BCUT2D eigenvalue weighted by molar-refractivity contribution is 0.304. The highest BCUT2D eigenvalue weighted by Gasteiger charge is 2.31. The van der Waals surface area contributed by atoms with Crippen LogP contribution in [0.5, 0.6) is 0 Å². The van der Waals surface area contributed by atoms with E-state index in [1.54, 1.807) is 6.07 Å². The molecule has 0 aromatic heterocycles. The number of fused-ring (bicyclic) bond motifs is 1. The molecule has 0 atom stereocenters. The van der Waals surface area contributed by atoms with Crippen molar-refractivity contribution in [2.45, 2.75) is 50.5 Å². The third kappa shape index (κ3) is 2.81. The molecular formula is C15H18Cl2N2. The molecule has 19 heavy (non-hydrogen) atoms. The molecule has 2 aliphatic rings. The molecule has 1 aromatic carbocycles. The van der Waals surface area contributed by atoms with Crippen LogP contribution in [0.15, 0.2) is 17.1 Å². The molecule has 3 rings (SSSR count). The Bertz CT molecular complexity index is 531. The van der Waals surface area contributed by atoms with Crippen LogP contribution in [0.25, 0.3) is 0 Å². The van der Waals surface area contributed by atoms with E-state index in [-0.39, 0.29) is 5.54 Å². The van der Waals surface area contributed by atoms with Gasteiger partial charge in [-0.15, -0.1) is 0 Å². The maximum absolute atomic E-state index is 6.50. The van der Waals surface area contributed by atoms with Gasteiger partial charge in [-0.3, -0.25) is 4.99 Å². The van der Waals surface area contributed by atoms with Gasteiger partial charge in [-0.25, -0.2) is 0 Å². The standard InChI is InChI=1S/C15H18Cl2N2/c16-10-6-13(17)12-8-11(19-14(12)7-10)9-15(18)4-2-1-3-5-15/h6-7H,1-5,8-9,18H2. The molecule has 2 N–H and O–H groups in total. The minimum absolute atomic E-state index is 0.0601. The Hall–Kier alpha value is -0.570. The molecule has 0 amide bonds. The zero-order valence-corrected chi connectivity index (χ0v) is 12.4. The molecule has 1 aliphatic carbocycles. The smallest absolute Gasteiger partial charge is 0.0694 e. The number of rotatable bonds is 2. The van der Waals surface area contributed by atoms with Gasteiger partial charge in [0.1, 0.15) is 0 Å². The van der Waals surface area contributed by atoms with Crippen molar-refractivity contribution in [1.29, 1.82) is 0 Å². The Kier molecular flexibility index (Phi) is 3.59. The highest BCUT2D eigenvalue weighted by atomic mass is 35.5. The summed E-state index contributed by atoms with van der Waals surface area (Å²) in [6.07, 6.45) is 7.72. The third-order valence-corrected chi connectivity index (χ3v) is 4.76. The molecule has 1 heterocycles. The number of halogens is 2. The minimum atomic E-state index is -0.0601. The first kappa shape index (κ1) is 13.4. The van der Waals surface area contributed by atoms with Crippen molar-refractivity contribution in [3.05, 3.63) is 27.7 Å². The summed E-state index contributed by atoms with van der Waals surface area (Å²) in [5, 5.41) is 1.37. The summed E-state index contributed by atoms with van der Waals surface area (Å²) < 4.78 is 0. The van der Waals surface area contributed by atoms with E-state index in [0.29, 0.717) is 5.02 Å². The number of aliphatic imine (C=N–C) groups is 1. The van der Waals surface area contributed by atoms with E-state index in [0.717, 1.165) is 47.7 Å². The number of nitrogens with two attached hydrogens (primary N) is 1. The van der Waals surface area contributed by atoms with Crippen LogP contribution in [-0.4, -0.2) is 11.3 Å². The lowest BCUT2D eigenvalue weighted by atomic mass is 9.78. The molecule has 0 bridgehead atoms. The lowest BCUT2D eigenvalue weighted by Gasteiger charge is -2.33. The zero-order chi connectivity index (χ0) is 13.5. The van der Waals surface area contributed by atoms with Gasteiger partial charge < -0.3 is 5.73 Å². The Morgan fingerprint density at radius 3 is 2.63 bits per heavy atom. The van der Waals surface area contributed by atoms with Crippen LogP contribution in [0.3, 0.4) is 0 Å². The average molecular weight is 297 g/mol. The average Bonchev–Trinajstić information content (AvgIpc) is 2.71. The van der Waals surface area contributed by atoms with Crippen LogP contribution in [0, 0.1) is 0 Å². The quantitative estimate of drug-likeness (QED) is 0.846. The van der Waals surface area contributed by atoms with E-state index in [1.807, 2.05) is 6.07 Å². The number of benzene rings is 1. The molecular weight excluding hydrogens is 279 g/mol. The van der Waals surface area contributed by atoms with E-state index < -0.39 is 0 Å². The van der Waals surface area contributed by atoms with Gasteiger partial charge in [-0.2, -0.15) is 0 Å². The monoisotopic (exact) mass is 296 g/mol. The fourth-order valence-corrected chi connectivity index (χ4v) is 3.77. The molecule has 1 fully saturated rings. The van der Waals surface area contributed by atoms with Crippen molar-refractivity contribution >= 4 is 34.6 Å². The van der Waals surface area contributed by atoms with Crippen molar-refractivity contribution in [2.24, 2.45) is 10.7 Å². The van der Waals surface area contributed by atoms with Crippen LogP contribution < -0.4 is 5.73 Å². The molecule has 102 valence electrons. The van der Waals surface area contributed by atoms with Crippen molar-refractivity contribution in [3.63, 3.8) is 0 Å². The number of hydrogen-bond acceptors (Lipinski definition) is 2. The van der Waals surface area contributed by atoms with Crippen LogP contribution in [-0.2, 0) is 6.42 Å². The SMILES string of the molecule is NC1(CC2=Nc3cc(Cl)cc(Cl)c3C2)CCCCC1. The van der Waals surface area contributed by atoms with Crippen molar-refractivity contribution in [3.8, 4) is 0 Å². The highest BCUT2D eigenvalue weighted by molar-refractivity contribution is 6.36. The molecule has 1 aromatic rings. The zero-order valence-electron chi connectivity index (χ0n) is 10.9. The van der Waals surface area contributed by atoms with Gasteiger partial charge in [-0.05, 0) is 25.0 Å². The van der Waals surface area contributed by atoms with Crippen molar-refractivity contribution in [2.75, 3.05) is 0 Å². The largest absolute Gasteiger partial charge is 0.325 e. The normalized spacial score (nSPS) is 21.1. The summed E-state index contributed by atoms with van der Waals surface area (Å²) >= 11 is 12.2. The van der Waals surface area contributed by atoms with E-state index >= 15 is 0 Å². The van der Waals surface area contributed by atoms with Gasteiger partial charge in [-0.1, -0.05) is 42.5 Å². The van der Waals surface area contributed by atoms with Gasteiger partial charge in [0, 0.05) is 39.7 Å². The first-order valence-corrected chi connectivity index (χ1v) is 7.65. The predicted molar refractivity (Wildman–Crippen MR) is 81.9 cm³/mol. The predicted octanol–water partition coefficient (Wildman–Crippen LogP) is 4.67. The molecule has 0 unspecified atom stereocenters. The highest BCUT2D eigenvalue weighted by Crippen LogP contribution is 2.38. The van der Waals surface area contributed by atoms with E-state index in [9.17, 15) is 0 Å². The fraction of sp³-hybridized carbons (Fsp3) is 0.533. The van der Waals surface area contributed by atoms with Gasteiger partial charge in [0.25, 0.3) is 0 Å². The Balaban J connectivity index is 1.79. The van der Waals surface area contributed by atoms with Crippen molar-refractivity contribution in [1.82, 2.24) is 0 Å². The first-order chi connectivity index (χ1) is 9.06. The second-order valence-electron chi connectivity index (χ2n) is 5.84. The van der Waals surface area contributed by atoms with E-state index in [1.165, 1.54) is 19.3 Å². The molecule has 0 spiro atoms. The lowest BCUT2D eigenvalue weighted by Crippen LogP contribution is -2.43. The van der Waals surface area contributed by atoms with Crippen LogP contribution in [0.4, 0.5) is 5.69 Å². The van der Waals surface area contributed by atoms with E-state index in [2.05, 4.69) is 4.99 Å². The second-order valence-corrected chi connectivity index (χ2v) is 6.68. The van der Waals surface area contributed by atoms with Crippen LogP contribution in [0.1, 0.15) is 44.1 Å². The van der Waals surface area contributed by atoms with E-state index in [4.69, 9.17) is 28.9 Å². The molecule has 1 saturated carbocycles. The first-order valence-electron chi connectivity index (χ1n) is 6.89. The van der Waals surface area contributed by atoms with Crippen LogP contribution >= 0.6 is 23.2 Å². The van der Waals surface area contributed by atoms with Crippen LogP contribution in [0.2, 0.25) is 10.0 Å². The van der Waals surface area contributed by atoms with Gasteiger partial charge in [0.2, 0.25) is 0 Å². The minimum Gasteiger partial charge on any atom is -0.325 e. The summed E-state index contributed by atoms with van der Waals surface area (Å²) in [6, 6.07) is 3.68. The second kappa shape index (κ2) is 5.08. The molecule has 4 heteroatoms. The summed E-state index contributed by atoms with van der Waals surface area (Å²) in [7, 11) is 0. The van der Waals surface area contributed by atoms with Gasteiger partial charge in [0.15, 0.2) is 0 Å². The number of nitrogens with zero attached hydrogens (tertiary/aromatic N) is 1. The number of hydrogen-bond donors (Lipinski definition) is 1. The molecule has 0 saturated heterocycles. The Morgan fingerprint density at radius 1 is 1.16 bits per heavy atom. The van der Waals surface area contributed by atoms with Gasteiger partial charge in [0.05, 0.1) is 5.69 Å². The maximum Gasteiger partial charge on any atom is 0.0694 e. The third-order valence-electron chi connectivity index (χ3n) is 4.20. The topological polar surface area (TPSA) is 38.4 Å². The molecule has 1 aliphatic heterocycles. The van der Waals surface area contributed by atoms with Gasteiger partial charge >= 0.3 is 0 Å². The Morgan fingerprint density at radius 2 is 1.89 bits per heavy atom. The summed E-state index contributed by atoms with van der Waals surface area (Å²) in [4.78, 5) is 4.68. The fourth-order valence-electron chi connectivity index (χ4n) is 3.22. The summed E-state index contributed by atoms with van der Waals surface area (Å²) in [5.74, 6) is 0. The molecule has 2 nitrogen and oxygen atoms in total.